The average molecular weight is 1110 g/mol. The number of unbranched alkanes of at least 4 members (excludes halogenated alkanes) is 16. The molecule has 2 aliphatic rings. The van der Waals surface area contributed by atoms with Gasteiger partial charge in [-0.05, 0) is 90.3 Å². The van der Waals surface area contributed by atoms with E-state index in [-0.39, 0.29) is 38.3 Å². The number of hydrogen-bond acceptors (Lipinski definition) is 11. The van der Waals surface area contributed by atoms with Gasteiger partial charge in [0.15, 0.2) is 0 Å². The van der Waals surface area contributed by atoms with E-state index in [4.69, 9.17) is 18.9 Å². The van der Waals surface area contributed by atoms with E-state index in [0.717, 1.165) is 55.9 Å². The molecule has 0 spiro atoms. The van der Waals surface area contributed by atoms with Crippen LogP contribution in [-0.2, 0) is 39.9 Å². The molecule has 0 bridgehead atoms. The summed E-state index contributed by atoms with van der Waals surface area (Å²) < 4.78 is 22.2. The highest BCUT2D eigenvalue weighted by atomic mass is 32.2. The predicted octanol–water partition coefficient (Wildman–Crippen LogP) is 14.8. The van der Waals surface area contributed by atoms with E-state index in [1.807, 2.05) is 0 Å². The van der Waals surface area contributed by atoms with E-state index in [2.05, 4.69) is 21.3 Å². The lowest BCUT2D eigenvalue weighted by atomic mass is 9.85. The molecular weight excluding hydrogens is 1000 g/mol. The maximum atomic E-state index is 13.2. The minimum Gasteiger partial charge on any atom is -0.460 e. The van der Waals surface area contributed by atoms with Crippen molar-refractivity contribution in [2.24, 2.45) is 11.8 Å². The Morgan fingerprint density at radius 3 is 1.54 bits per heavy atom. The molecule has 2 atom stereocenters. The molecule has 2 saturated carbocycles. The molecule has 446 valence electrons. The van der Waals surface area contributed by atoms with Crippen LogP contribution in [-0.4, -0.2) is 90.5 Å². The largest absolute Gasteiger partial charge is 0.460 e. The third-order valence-corrected chi connectivity index (χ3v) is 15.9. The van der Waals surface area contributed by atoms with Gasteiger partial charge in [0.25, 0.3) is 5.91 Å². The van der Waals surface area contributed by atoms with Crippen molar-refractivity contribution in [2.45, 2.75) is 283 Å². The molecule has 4 N–H and O–H groups in total. The Kier molecular flexibility index (Phi) is 35.9. The Bertz CT molecular complexity index is 1810. The first-order valence-electron chi connectivity index (χ1n) is 31.0. The molecule has 1 aromatic carbocycles. The zero-order chi connectivity index (χ0) is 56.7. The van der Waals surface area contributed by atoms with Crippen molar-refractivity contribution in [1.29, 1.82) is 0 Å². The number of benzene rings is 1. The molecule has 0 aromatic heterocycles. The fraction of sp³-hybridized carbons (Fsp3) is 0.810. The second-order valence-electron chi connectivity index (χ2n) is 24.4. The second kappa shape index (κ2) is 41.1. The summed E-state index contributed by atoms with van der Waals surface area (Å²) >= 11 is 1.44. The second-order valence-corrected chi connectivity index (χ2v) is 25.6. The fourth-order valence-corrected chi connectivity index (χ4v) is 11.3. The molecule has 0 heterocycles. The summed E-state index contributed by atoms with van der Waals surface area (Å²) in [7, 11) is 0. The standard InChI is InChI=1S/C63H108N4O10S/c1-62(2,3)76-57(69)42-41-55(59(71)77-63(4,5)6)67-58(70)53-39-37-52(38-40-53)47-66-56(68)43-46-78-49-54(75-61(73)65-45-30-20-16-12-8-10-14-18-24-32-51-35-27-22-28-36-51)48-74-60(72)64-44-29-19-15-11-7-9-13-17-23-31-50-33-25-21-26-34-50/h37-40,50-51,54-55H,7-36,41-49H2,1-6H3,(H,64,72)(H,65,73)(H,66,68)(H,67,70)/t54?,55-/m0/s1. The minimum absolute atomic E-state index is 0.00620. The number of thioether (sulfide) groups is 1. The van der Waals surface area contributed by atoms with Crippen molar-refractivity contribution in [3.05, 3.63) is 35.4 Å². The van der Waals surface area contributed by atoms with E-state index in [1.165, 1.54) is 166 Å². The Morgan fingerprint density at radius 1 is 0.564 bits per heavy atom. The first-order valence-corrected chi connectivity index (χ1v) is 32.2. The van der Waals surface area contributed by atoms with Crippen molar-refractivity contribution >= 4 is 47.7 Å². The van der Waals surface area contributed by atoms with Crippen LogP contribution in [0.15, 0.2) is 24.3 Å². The van der Waals surface area contributed by atoms with Gasteiger partial charge in [-0.2, -0.15) is 11.8 Å². The quantitative estimate of drug-likeness (QED) is 0.0278. The Labute approximate surface area is 476 Å². The number of carbonyl (C=O) groups is 6. The molecule has 15 heteroatoms. The molecule has 2 aliphatic carbocycles. The van der Waals surface area contributed by atoms with Crippen molar-refractivity contribution < 1.29 is 47.7 Å². The SMILES string of the molecule is CC(C)(C)OC(=O)CC[C@H](NC(=O)c1ccc(CNC(=O)CCSCC(COC(=O)NCCCCCCCCCCCC2CCCCC2)OC(=O)NCCCCCCCCCCCC2CCCCC2)cc1)C(=O)OC(C)(C)C. The van der Waals surface area contributed by atoms with Gasteiger partial charge < -0.3 is 40.2 Å². The molecule has 0 saturated heterocycles. The Hall–Kier alpha value is -4.01. The molecule has 1 aromatic rings. The van der Waals surface area contributed by atoms with Crippen LogP contribution in [0, 0.1) is 11.8 Å². The lowest BCUT2D eigenvalue weighted by Crippen LogP contribution is -2.44. The Morgan fingerprint density at radius 2 is 1.04 bits per heavy atom. The average Bonchev–Trinajstić information content (AvgIpc) is 3.39. The topological polar surface area (TPSA) is 187 Å². The zero-order valence-corrected chi connectivity index (χ0v) is 50.5. The van der Waals surface area contributed by atoms with Gasteiger partial charge in [-0.15, -0.1) is 0 Å². The van der Waals surface area contributed by atoms with Crippen LogP contribution in [0.5, 0.6) is 0 Å². The Balaban J connectivity index is 1.35. The van der Waals surface area contributed by atoms with E-state index in [0.29, 0.717) is 30.2 Å². The van der Waals surface area contributed by atoms with Crippen LogP contribution < -0.4 is 21.3 Å². The van der Waals surface area contributed by atoms with Crippen molar-refractivity contribution in [3.63, 3.8) is 0 Å². The minimum atomic E-state index is -1.07. The van der Waals surface area contributed by atoms with Gasteiger partial charge in [-0.1, -0.05) is 192 Å². The smallest absolute Gasteiger partial charge is 0.407 e. The fourth-order valence-electron chi connectivity index (χ4n) is 10.4. The first-order chi connectivity index (χ1) is 37.5. The number of esters is 2. The van der Waals surface area contributed by atoms with Gasteiger partial charge in [-0.25, -0.2) is 14.4 Å². The van der Waals surface area contributed by atoms with Crippen LogP contribution in [0.3, 0.4) is 0 Å². The van der Waals surface area contributed by atoms with Crippen LogP contribution in [0.25, 0.3) is 0 Å². The molecule has 14 nitrogen and oxygen atoms in total. The predicted molar refractivity (Wildman–Crippen MR) is 316 cm³/mol. The van der Waals surface area contributed by atoms with Gasteiger partial charge in [0.1, 0.15) is 30.0 Å². The van der Waals surface area contributed by atoms with Gasteiger partial charge in [-0.3, -0.25) is 14.4 Å². The number of amides is 4. The monoisotopic (exact) mass is 1110 g/mol. The molecular formula is C63H108N4O10S. The summed E-state index contributed by atoms with van der Waals surface area (Å²) in [4.78, 5) is 77.2. The van der Waals surface area contributed by atoms with E-state index < -0.39 is 53.4 Å². The van der Waals surface area contributed by atoms with Crippen LogP contribution >= 0.6 is 11.8 Å². The van der Waals surface area contributed by atoms with Crippen LogP contribution in [0.4, 0.5) is 9.59 Å². The zero-order valence-electron chi connectivity index (χ0n) is 49.7. The van der Waals surface area contributed by atoms with Crippen molar-refractivity contribution in [1.82, 2.24) is 21.3 Å². The third-order valence-electron chi connectivity index (χ3n) is 14.8. The number of ether oxygens (including phenoxy) is 4. The summed E-state index contributed by atoms with van der Waals surface area (Å²) in [5.74, 6) is 0.949. The molecule has 0 aliphatic heterocycles. The van der Waals surface area contributed by atoms with Crippen LogP contribution in [0.1, 0.15) is 269 Å². The summed E-state index contributed by atoms with van der Waals surface area (Å²) in [5, 5.41) is 11.4. The number of rotatable bonds is 40. The lowest BCUT2D eigenvalue weighted by Gasteiger charge is -2.25. The highest BCUT2D eigenvalue weighted by molar-refractivity contribution is 7.99. The van der Waals surface area contributed by atoms with E-state index in [9.17, 15) is 28.8 Å². The van der Waals surface area contributed by atoms with Crippen molar-refractivity contribution in [3.8, 4) is 0 Å². The maximum absolute atomic E-state index is 13.2. The highest BCUT2D eigenvalue weighted by Gasteiger charge is 2.29. The summed E-state index contributed by atoms with van der Waals surface area (Å²) in [6.45, 7) is 11.6. The number of hydrogen-bond donors (Lipinski definition) is 4. The number of alkyl carbamates (subject to hydrolysis) is 2. The van der Waals surface area contributed by atoms with E-state index >= 15 is 0 Å². The number of nitrogens with one attached hydrogen (secondary N) is 4. The molecule has 4 amide bonds. The highest BCUT2D eigenvalue weighted by Crippen LogP contribution is 2.29. The normalized spacial score (nSPS) is 15.2. The lowest BCUT2D eigenvalue weighted by molar-refractivity contribution is -0.158. The van der Waals surface area contributed by atoms with E-state index in [1.54, 1.807) is 65.8 Å². The molecule has 3 rings (SSSR count). The molecule has 78 heavy (non-hydrogen) atoms. The van der Waals surface area contributed by atoms with Gasteiger partial charge in [0.2, 0.25) is 5.91 Å². The molecule has 2 fully saturated rings. The van der Waals surface area contributed by atoms with Gasteiger partial charge in [0, 0.05) is 49.5 Å². The van der Waals surface area contributed by atoms with Crippen LogP contribution in [0.2, 0.25) is 0 Å². The molecule has 1 unspecified atom stereocenters. The third kappa shape index (κ3) is 36.3. The summed E-state index contributed by atoms with van der Waals surface area (Å²) in [6.07, 6.45) is 37.6. The first kappa shape index (κ1) is 68.3. The maximum Gasteiger partial charge on any atom is 0.407 e. The van der Waals surface area contributed by atoms with Gasteiger partial charge in [0.05, 0.1) is 0 Å². The molecule has 0 radical (unpaired) electrons. The van der Waals surface area contributed by atoms with Crippen molar-refractivity contribution in [2.75, 3.05) is 31.2 Å². The summed E-state index contributed by atoms with van der Waals surface area (Å²) in [5.41, 5.74) is -0.418. The summed E-state index contributed by atoms with van der Waals surface area (Å²) in [6, 6.07) is 5.58. The number of carbonyl (C=O) groups excluding carboxylic acids is 6. The van der Waals surface area contributed by atoms with Gasteiger partial charge >= 0.3 is 24.1 Å².